The van der Waals surface area contributed by atoms with Crippen LogP contribution in [0.3, 0.4) is 0 Å². The zero-order valence-electron chi connectivity index (χ0n) is 11.8. The summed E-state index contributed by atoms with van der Waals surface area (Å²) in [5.74, 6) is 1.02. The van der Waals surface area contributed by atoms with Crippen molar-refractivity contribution in [3.63, 3.8) is 0 Å². The SMILES string of the molecule is CCc1ccc2c(c1)C(NCc1ccccn1)CCO2. The van der Waals surface area contributed by atoms with Gasteiger partial charge in [-0.3, -0.25) is 4.98 Å². The van der Waals surface area contributed by atoms with E-state index in [1.807, 2.05) is 18.3 Å². The molecule has 3 heteroatoms. The third-order valence-corrected chi connectivity index (χ3v) is 3.78. The smallest absolute Gasteiger partial charge is 0.124 e. The molecule has 0 aliphatic carbocycles. The molecule has 0 fully saturated rings. The minimum atomic E-state index is 0.354. The van der Waals surface area contributed by atoms with Crippen molar-refractivity contribution in [1.29, 1.82) is 0 Å². The van der Waals surface area contributed by atoms with Crippen LogP contribution in [0.5, 0.6) is 5.75 Å². The average molecular weight is 268 g/mol. The first kappa shape index (κ1) is 13.1. The van der Waals surface area contributed by atoms with E-state index in [9.17, 15) is 0 Å². The van der Waals surface area contributed by atoms with Crippen molar-refractivity contribution in [2.75, 3.05) is 6.61 Å². The van der Waals surface area contributed by atoms with Crippen molar-refractivity contribution in [3.05, 3.63) is 59.4 Å². The Morgan fingerprint density at radius 1 is 1.30 bits per heavy atom. The summed E-state index contributed by atoms with van der Waals surface area (Å²) >= 11 is 0. The number of hydrogen-bond donors (Lipinski definition) is 1. The topological polar surface area (TPSA) is 34.2 Å². The molecular formula is C17H20N2O. The standard InChI is InChI=1S/C17H20N2O/c1-2-13-6-7-17-15(11-13)16(8-10-20-17)19-12-14-5-3-4-9-18-14/h3-7,9,11,16,19H,2,8,10,12H2,1H3. The van der Waals surface area contributed by atoms with Crippen molar-refractivity contribution in [2.24, 2.45) is 0 Å². The molecule has 1 aliphatic rings. The fourth-order valence-electron chi connectivity index (χ4n) is 2.61. The Balaban J connectivity index is 1.75. The van der Waals surface area contributed by atoms with Crippen molar-refractivity contribution < 1.29 is 4.74 Å². The maximum absolute atomic E-state index is 5.75. The van der Waals surface area contributed by atoms with E-state index in [1.165, 1.54) is 11.1 Å². The summed E-state index contributed by atoms with van der Waals surface area (Å²) in [4.78, 5) is 4.36. The molecule has 0 saturated carbocycles. The Kier molecular flexibility index (Phi) is 3.97. The highest BCUT2D eigenvalue weighted by Gasteiger charge is 2.21. The van der Waals surface area contributed by atoms with Gasteiger partial charge in [0, 0.05) is 30.8 Å². The van der Waals surface area contributed by atoms with E-state index >= 15 is 0 Å². The van der Waals surface area contributed by atoms with E-state index in [1.54, 1.807) is 0 Å². The molecule has 0 bridgehead atoms. The number of benzene rings is 1. The van der Waals surface area contributed by atoms with Crippen molar-refractivity contribution in [2.45, 2.75) is 32.4 Å². The van der Waals surface area contributed by atoms with Crippen LogP contribution in [0.2, 0.25) is 0 Å². The third-order valence-electron chi connectivity index (χ3n) is 3.78. The molecule has 0 radical (unpaired) electrons. The first-order valence-electron chi connectivity index (χ1n) is 7.25. The van der Waals surface area contributed by atoms with Crippen LogP contribution in [0.25, 0.3) is 0 Å². The second-order valence-electron chi connectivity index (χ2n) is 5.12. The number of nitrogens with zero attached hydrogens (tertiary/aromatic N) is 1. The molecule has 3 nitrogen and oxygen atoms in total. The number of rotatable bonds is 4. The van der Waals surface area contributed by atoms with Crippen LogP contribution in [0, 0.1) is 0 Å². The van der Waals surface area contributed by atoms with Crippen LogP contribution in [-0.4, -0.2) is 11.6 Å². The quantitative estimate of drug-likeness (QED) is 0.924. The van der Waals surface area contributed by atoms with E-state index in [0.717, 1.165) is 37.4 Å². The molecule has 1 atom stereocenters. The molecule has 104 valence electrons. The third kappa shape index (κ3) is 2.83. The van der Waals surface area contributed by atoms with Gasteiger partial charge >= 0.3 is 0 Å². The van der Waals surface area contributed by atoms with Crippen LogP contribution >= 0.6 is 0 Å². The van der Waals surface area contributed by atoms with Gasteiger partial charge in [0.1, 0.15) is 5.75 Å². The summed E-state index contributed by atoms with van der Waals surface area (Å²) in [6.45, 7) is 3.75. The van der Waals surface area contributed by atoms with Gasteiger partial charge in [-0.05, 0) is 30.2 Å². The predicted molar refractivity (Wildman–Crippen MR) is 79.7 cm³/mol. The average Bonchev–Trinajstić information content (AvgIpc) is 2.53. The maximum atomic E-state index is 5.75. The highest BCUT2D eigenvalue weighted by atomic mass is 16.5. The van der Waals surface area contributed by atoms with Gasteiger partial charge in [0.05, 0.1) is 12.3 Å². The van der Waals surface area contributed by atoms with Crippen LogP contribution in [0.15, 0.2) is 42.6 Å². The number of ether oxygens (including phenoxy) is 1. The first-order valence-corrected chi connectivity index (χ1v) is 7.25. The summed E-state index contributed by atoms with van der Waals surface area (Å²) in [5, 5.41) is 3.60. The van der Waals surface area contributed by atoms with Crippen LogP contribution in [0.1, 0.15) is 36.2 Å². The van der Waals surface area contributed by atoms with Gasteiger partial charge in [-0.25, -0.2) is 0 Å². The second-order valence-corrected chi connectivity index (χ2v) is 5.12. The Bertz CT molecular complexity index is 568. The summed E-state index contributed by atoms with van der Waals surface area (Å²) in [5.41, 5.74) is 3.72. The lowest BCUT2D eigenvalue weighted by Gasteiger charge is -2.27. The normalized spacial score (nSPS) is 17.4. The number of aromatic nitrogens is 1. The van der Waals surface area contributed by atoms with Crippen molar-refractivity contribution >= 4 is 0 Å². The molecule has 3 rings (SSSR count). The first-order chi connectivity index (χ1) is 9.86. The molecule has 2 heterocycles. The minimum Gasteiger partial charge on any atom is -0.493 e. The number of fused-ring (bicyclic) bond motifs is 1. The molecule has 1 N–H and O–H groups in total. The Hall–Kier alpha value is -1.87. The lowest BCUT2D eigenvalue weighted by atomic mass is 9.97. The van der Waals surface area contributed by atoms with E-state index in [0.29, 0.717) is 6.04 Å². The summed E-state index contributed by atoms with van der Waals surface area (Å²) in [6.07, 6.45) is 3.90. The highest BCUT2D eigenvalue weighted by Crippen LogP contribution is 2.33. The van der Waals surface area contributed by atoms with Crippen LogP contribution in [-0.2, 0) is 13.0 Å². The monoisotopic (exact) mass is 268 g/mol. The van der Waals surface area contributed by atoms with E-state index < -0.39 is 0 Å². The zero-order chi connectivity index (χ0) is 13.8. The second kappa shape index (κ2) is 6.06. The minimum absolute atomic E-state index is 0.354. The molecule has 1 unspecified atom stereocenters. The van der Waals surface area contributed by atoms with E-state index in [2.05, 4.69) is 41.5 Å². The van der Waals surface area contributed by atoms with Gasteiger partial charge in [0.15, 0.2) is 0 Å². The Morgan fingerprint density at radius 2 is 2.25 bits per heavy atom. The van der Waals surface area contributed by atoms with Gasteiger partial charge in [0.2, 0.25) is 0 Å². The number of hydrogen-bond acceptors (Lipinski definition) is 3. The van der Waals surface area contributed by atoms with Crippen molar-refractivity contribution in [1.82, 2.24) is 10.3 Å². The molecule has 1 aliphatic heterocycles. The van der Waals surface area contributed by atoms with Gasteiger partial charge in [-0.1, -0.05) is 25.1 Å². The van der Waals surface area contributed by atoms with Crippen LogP contribution in [0.4, 0.5) is 0 Å². The summed E-state index contributed by atoms with van der Waals surface area (Å²) in [7, 11) is 0. The number of nitrogens with one attached hydrogen (secondary N) is 1. The fourth-order valence-corrected chi connectivity index (χ4v) is 2.61. The number of pyridine rings is 1. The van der Waals surface area contributed by atoms with E-state index in [-0.39, 0.29) is 0 Å². The molecule has 0 saturated heterocycles. The predicted octanol–water partition coefficient (Wildman–Crippen LogP) is 3.26. The van der Waals surface area contributed by atoms with Gasteiger partial charge in [-0.2, -0.15) is 0 Å². The molecule has 0 amide bonds. The largest absolute Gasteiger partial charge is 0.493 e. The lowest BCUT2D eigenvalue weighted by Crippen LogP contribution is -2.27. The van der Waals surface area contributed by atoms with Crippen molar-refractivity contribution in [3.8, 4) is 5.75 Å². The molecule has 20 heavy (non-hydrogen) atoms. The van der Waals surface area contributed by atoms with E-state index in [4.69, 9.17) is 4.74 Å². The Labute approximate surface area is 120 Å². The van der Waals surface area contributed by atoms with Gasteiger partial charge < -0.3 is 10.1 Å². The molecule has 0 spiro atoms. The summed E-state index contributed by atoms with van der Waals surface area (Å²) in [6, 6.07) is 12.9. The zero-order valence-corrected chi connectivity index (χ0v) is 11.8. The number of aryl methyl sites for hydroxylation is 1. The molecule has 2 aromatic rings. The van der Waals surface area contributed by atoms with Gasteiger partial charge in [0.25, 0.3) is 0 Å². The summed E-state index contributed by atoms with van der Waals surface area (Å²) < 4.78 is 5.75. The molecule has 1 aromatic carbocycles. The lowest BCUT2D eigenvalue weighted by molar-refractivity contribution is 0.252. The molecule has 1 aromatic heterocycles. The van der Waals surface area contributed by atoms with Crippen LogP contribution < -0.4 is 10.1 Å². The maximum Gasteiger partial charge on any atom is 0.124 e. The fraction of sp³-hybridized carbons (Fsp3) is 0.353. The highest BCUT2D eigenvalue weighted by molar-refractivity contribution is 5.40. The molecular weight excluding hydrogens is 248 g/mol. The Morgan fingerprint density at radius 3 is 3.05 bits per heavy atom. The van der Waals surface area contributed by atoms with Gasteiger partial charge in [-0.15, -0.1) is 0 Å².